The Morgan fingerprint density at radius 1 is 1.05 bits per heavy atom. The van der Waals surface area contributed by atoms with Crippen LogP contribution >= 0.6 is 0 Å². The van der Waals surface area contributed by atoms with Gasteiger partial charge in [0, 0.05) is 25.0 Å². The fourth-order valence-electron chi connectivity index (χ4n) is 4.17. The van der Waals surface area contributed by atoms with Crippen LogP contribution in [0.1, 0.15) is 51.4 Å². The molecular formula is C16H26F2N2O. The van der Waals surface area contributed by atoms with Gasteiger partial charge in [-0.05, 0) is 63.2 Å². The van der Waals surface area contributed by atoms with Crippen molar-refractivity contribution in [2.45, 2.75) is 69.9 Å². The quantitative estimate of drug-likeness (QED) is 0.848. The summed E-state index contributed by atoms with van der Waals surface area (Å²) in [5.41, 5.74) is 0. The third-order valence-corrected chi connectivity index (χ3v) is 5.84. The first-order chi connectivity index (χ1) is 10.0. The third-order valence-electron chi connectivity index (χ3n) is 5.84. The van der Waals surface area contributed by atoms with E-state index in [0.717, 1.165) is 24.7 Å². The minimum absolute atomic E-state index is 0.0143. The number of carbonyl (C=O) groups is 1. The lowest BCUT2D eigenvalue weighted by molar-refractivity contribution is 0.0418. The molecule has 0 aromatic heterocycles. The van der Waals surface area contributed by atoms with Gasteiger partial charge in [0.1, 0.15) is 0 Å². The summed E-state index contributed by atoms with van der Waals surface area (Å²) < 4.78 is 25.3. The van der Waals surface area contributed by atoms with Crippen LogP contribution in [0.15, 0.2) is 0 Å². The van der Waals surface area contributed by atoms with Crippen LogP contribution in [0.3, 0.4) is 0 Å². The highest BCUT2D eigenvalue weighted by molar-refractivity contribution is 5.74. The fraction of sp³-hybridized carbons (Fsp3) is 0.938. The van der Waals surface area contributed by atoms with E-state index in [-0.39, 0.29) is 12.1 Å². The molecule has 1 N–H and O–H groups in total. The predicted molar refractivity (Wildman–Crippen MR) is 77.3 cm³/mol. The third kappa shape index (κ3) is 3.49. The van der Waals surface area contributed by atoms with Crippen molar-refractivity contribution in [2.24, 2.45) is 17.8 Å². The van der Waals surface area contributed by atoms with Crippen molar-refractivity contribution >= 4 is 6.03 Å². The highest BCUT2D eigenvalue weighted by Crippen LogP contribution is 2.49. The van der Waals surface area contributed by atoms with Crippen LogP contribution in [0.25, 0.3) is 0 Å². The molecule has 3 saturated carbocycles. The van der Waals surface area contributed by atoms with E-state index in [0.29, 0.717) is 31.7 Å². The minimum Gasteiger partial charge on any atom is -0.335 e. The molecule has 3 aliphatic rings. The predicted octanol–water partition coefficient (Wildman–Crippen LogP) is 3.64. The van der Waals surface area contributed by atoms with Gasteiger partial charge in [-0.25, -0.2) is 13.6 Å². The van der Waals surface area contributed by atoms with Gasteiger partial charge >= 0.3 is 6.03 Å². The largest absolute Gasteiger partial charge is 0.335 e. The number of alkyl halides is 2. The summed E-state index contributed by atoms with van der Waals surface area (Å²) in [5, 5.41) is 3.15. The fourth-order valence-corrected chi connectivity index (χ4v) is 4.17. The summed E-state index contributed by atoms with van der Waals surface area (Å²) in [6, 6.07) is 0.429. The second kappa shape index (κ2) is 6.09. The number of rotatable bonds is 3. The Morgan fingerprint density at radius 3 is 2.38 bits per heavy atom. The average Bonchev–Trinajstić information content (AvgIpc) is 3.25. The Bertz CT molecular complexity index is 382. The number of amides is 2. The topological polar surface area (TPSA) is 32.3 Å². The number of nitrogens with one attached hydrogen (secondary N) is 1. The van der Waals surface area contributed by atoms with Crippen LogP contribution in [0.5, 0.6) is 0 Å². The Hall–Kier alpha value is -0.870. The molecule has 5 heteroatoms. The van der Waals surface area contributed by atoms with E-state index in [2.05, 4.69) is 5.32 Å². The smallest absolute Gasteiger partial charge is 0.317 e. The van der Waals surface area contributed by atoms with Gasteiger partial charge < -0.3 is 10.2 Å². The van der Waals surface area contributed by atoms with E-state index in [1.165, 1.54) is 12.8 Å². The van der Waals surface area contributed by atoms with Gasteiger partial charge in [0.2, 0.25) is 6.43 Å². The molecule has 0 aliphatic heterocycles. The number of halogens is 2. The summed E-state index contributed by atoms with van der Waals surface area (Å²) in [4.78, 5) is 14.1. The number of carbonyl (C=O) groups excluding carboxylic acids is 1. The lowest BCUT2D eigenvalue weighted by Gasteiger charge is -2.35. The second-order valence-electron chi connectivity index (χ2n) is 7.23. The molecule has 3 fully saturated rings. The van der Waals surface area contributed by atoms with Gasteiger partial charge in [0.05, 0.1) is 0 Å². The van der Waals surface area contributed by atoms with E-state index in [1.54, 1.807) is 4.90 Å². The molecule has 0 bridgehead atoms. The number of hydrogen-bond donors (Lipinski definition) is 1. The van der Waals surface area contributed by atoms with Crippen molar-refractivity contribution in [2.75, 3.05) is 7.05 Å². The first kappa shape index (κ1) is 15.0. The standard InChI is InChI=1S/C16H26F2N2O/c1-20(14-6-3-10(4-7-14)15(17)18)16(21)19-13-5-2-11-8-12(11)9-13/h10-15H,2-9H2,1H3,(H,19,21). The van der Waals surface area contributed by atoms with E-state index in [4.69, 9.17) is 0 Å². The van der Waals surface area contributed by atoms with Crippen molar-refractivity contribution < 1.29 is 13.6 Å². The number of hydrogen-bond acceptors (Lipinski definition) is 1. The van der Waals surface area contributed by atoms with E-state index in [9.17, 15) is 13.6 Å². The Kier molecular flexibility index (Phi) is 4.36. The zero-order chi connectivity index (χ0) is 15.0. The Morgan fingerprint density at radius 2 is 1.76 bits per heavy atom. The summed E-state index contributed by atoms with van der Waals surface area (Å²) in [7, 11) is 1.81. The number of nitrogens with zero attached hydrogens (tertiary/aromatic N) is 1. The molecule has 120 valence electrons. The van der Waals surface area contributed by atoms with E-state index in [1.807, 2.05) is 7.05 Å². The highest BCUT2D eigenvalue weighted by Gasteiger charge is 2.42. The van der Waals surface area contributed by atoms with Crippen LogP contribution in [0, 0.1) is 17.8 Å². The van der Waals surface area contributed by atoms with Gasteiger partial charge in [-0.3, -0.25) is 0 Å². The lowest BCUT2D eigenvalue weighted by atomic mass is 9.86. The van der Waals surface area contributed by atoms with Crippen LogP contribution in [-0.2, 0) is 0 Å². The van der Waals surface area contributed by atoms with Crippen LogP contribution in [-0.4, -0.2) is 36.5 Å². The lowest BCUT2D eigenvalue weighted by Crippen LogP contribution is -2.49. The van der Waals surface area contributed by atoms with Crippen molar-refractivity contribution in [1.82, 2.24) is 10.2 Å². The molecule has 3 rings (SSSR count). The maximum Gasteiger partial charge on any atom is 0.317 e. The first-order valence-electron chi connectivity index (χ1n) is 8.36. The van der Waals surface area contributed by atoms with E-state index < -0.39 is 12.3 Å². The normalized spacial score (nSPS) is 38.8. The zero-order valence-electron chi connectivity index (χ0n) is 12.7. The molecule has 2 amide bonds. The molecule has 3 unspecified atom stereocenters. The second-order valence-corrected chi connectivity index (χ2v) is 7.23. The summed E-state index contributed by atoms with van der Waals surface area (Å²) in [6.07, 6.45) is 5.08. The van der Waals surface area contributed by atoms with Gasteiger partial charge in [0.25, 0.3) is 0 Å². The van der Waals surface area contributed by atoms with Crippen LogP contribution < -0.4 is 5.32 Å². The molecule has 0 radical (unpaired) electrons. The number of urea groups is 1. The molecule has 0 saturated heterocycles. The zero-order valence-corrected chi connectivity index (χ0v) is 12.7. The molecule has 0 aromatic rings. The molecule has 0 spiro atoms. The van der Waals surface area contributed by atoms with Crippen molar-refractivity contribution in [3.63, 3.8) is 0 Å². The number of fused-ring (bicyclic) bond motifs is 1. The molecule has 21 heavy (non-hydrogen) atoms. The maximum absolute atomic E-state index is 12.7. The summed E-state index contributed by atoms with van der Waals surface area (Å²) in [6.45, 7) is 0. The SMILES string of the molecule is CN(C(=O)NC1CCC2CC2C1)C1CCC(C(F)F)CC1. The molecule has 0 heterocycles. The summed E-state index contributed by atoms with van der Waals surface area (Å²) in [5.74, 6) is 1.30. The van der Waals surface area contributed by atoms with Crippen LogP contribution in [0.4, 0.5) is 13.6 Å². The minimum atomic E-state index is -2.21. The van der Waals surface area contributed by atoms with Gasteiger partial charge in [-0.2, -0.15) is 0 Å². The average molecular weight is 300 g/mol. The first-order valence-corrected chi connectivity index (χ1v) is 8.36. The molecule has 3 nitrogen and oxygen atoms in total. The van der Waals surface area contributed by atoms with Gasteiger partial charge in [-0.15, -0.1) is 0 Å². The van der Waals surface area contributed by atoms with Gasteiger partial charge in [-0.1, -0.05) is 0 Å². The monoisotopic (exact) mass is 300 g/mol. The van der Waals surface area contributed by atoms with Crippen LogP contribution in [0.2, 0.25) is 0 Å². The highest BCUT2D eigenvalue weighted by atomic mass is 19.3. The Labute approximate surface area is 125 Å². The molecule has 3 atom stereocenters. The molecule has 3 aliphatic carbocycles. The van der Waals surface area contributed by atoms with Crippen molar-refractivity contribution in [1.29, 1.82) is 0 Å². The van der Waals surface area contributed by atoms with Gasteiger partial charge in [0.15, 0.2) is 0 Å². The van der Waals surface area contributed by atoms with Crippen molar-refractivity contribution in [3.05, 3.63) is 0 Å². The Balaban J connectivity index is 1.44. The molecular weight excluding hydrogens is 274 g/mol. The molecule has 0 aromatic carbocycles. The maximum atomic E-state index is 12.7. The van der Waals surface area contributed by atoms with E-state index >= 15 is 0 Å². The van der Waals surface area contributed by atoms with Crippen molar-refractivity contribution in [3.8, 4) is 0 Å². The summed E-state index contributed by atoms with van der Waals surface area (Å²) >= 11 is 0.